The van der Waals surface area contributed by atoms with Crippen LogP contribution < -0.4 is 0 Å². The van der Waals surface area contributed by atoms with Crippen LogP contribution in [0.15, 0.2) is 138 Å². The van der Waals surface area contributed by atoms with Gasteiger partial charge in [0, 0.05) is 61.2 Å². The summed E-state index contributed by atoms with van der Waals surface area (Å²) in [6, 6.07) is 42.8. The molecule has 0 aliphatic rings. The zero-order chi connectivity index (χ0) is 28.3. The van der Waals surface area contributed by atoms with Gasteiger partial charge in [-0.15, -0.1) is 54.1 Å². The number of furan rings is 1. The van der Waals surface area contributed by atoms with E-state index in [2.05, 4.69) is 76.5 Å². The molecule has 5 heteroatoms. The first-order valence-corrected chi connectivity index (χ1v) is 13.8. The third kappa shape index (κ3) is 5.61. The van der Waals surface area contributed by atoms with Gasteiger partial charge in [0.25, 0.3) is 0 Å². The van der Waals surface area contributed by atoms with Gasteiger partial charge >= 0.3 is 0 Å². The first-order valence-electron chi connectivity index (χ1n) is 13.8. The van der Waals surface area contributed by atoms with Crippen LogP contribution in [0, 0.1) is 19.1 Å². The summed E-state index contributed by atoms with van der Waals surface area (Å²) in [5.41, 5.74) is 8.84. The van der Waals surface area contributed by atoms with Gasteiger partial charge in [0.1, 0.15) is 5.58 Å². The Balaban J connectivity index is 0.000000213. The Morgan fingerprint density at radius 2 is 1.40 bits per heavy atom. The molecule has 209 valence electrons. The number of aromatic nitrogens is 3. The molecule has 4 aromatic heterocycles. The maximum atomic E-state index is 6.52. The minimum atomic E-state index is 0. The van der Waals surface area contributed by atoms with Crippen molar-refractivity contribution in [3.8, 4) is 33.6 Å². The molecular formula is C38H25IrN3O-2. The molecule has 0 N–H and O–H groups in total. The Morgan fingerprint density at radius 1 is 0.605 bits per heavy atom. The molecule has 0 spiro atoms. The van der Waals surface area contributed by atoms with Gasteiger partial charge in [0.05, 0.1) is 5.58 Å². The number of benzene rings is 4. The van der Waals surface area contributed by atoms with Gasteiger partial charge in [-0.3, -0.25) is 4.98 Å². The van der Waals surface area contributed by atoms with E-state index in [1.54, 1.807) is 12.4 Å². The van der Waals surface area contributed by atoms with E-state index in [0.29, 0.717) is 0 Å². The zero-order valence-corrected chi connectivity index (χ0v) is 25.7. The van der Waals surface area contributed by atoms with E-state index < -0.39 is 0 Å². The van der Waals surface area contributed by atoms with Crippen LogP contribution in [0.2, 0.25) is 0 Å². The molecule has 4 nitrogen and oxygen atoms in total. The molecule has 0 amide bonds. The van der Waals surface area contributed by atoms with Crippen LogP contribution in [0.5, 0.6) is 0 Å². The van der Waals surface area contributed by atoms with Crippen LogP contribution in [-0.2, 0) is 20.1 Å². The number of hydrogen-bond donors (Lipinski definition) is 0. The van der Waals surface area contributed by atoms with Crippen molar-refractivity contribution in [2.75, 3.05) is 0 Å². The van der Waals surface area contributed by atoms with E-state index >= 15 is 0 Å². The van der Waals surface area contributed by atoms with Crippen molar-refractivity contribution in [2.24, 2.45) is 0 Å². The number of rotatable bonds is 3. The van der Waals surface area contributed by atoms with Gasteiger partial charge in [-0.2, -0.15) is 0 Å². The molecule has 0 aliphatic carbocycles. The molecule has 1 radical (unpaired) electrons. The predicted molar refractivity (Wildman–Crippen MR) is 170 cm³/mol. The predicted octanol–water partition coefficient (Wildman–Crippen LogP) is 9.52. The molecule has 4 aromatic carbocycles. The van der Waals surface area contributed by atoms with Gasteiger partial charge < -0.3 is 14.4 Å². The van der Waals surface area contributed by atoms with Crippen LogP contribution in [0.3, 0.4) is 0 Å². The second kappa shape index (κ2) is 12.5. The van der Waals surface area contributed by atoms with Gasteiger partial charge in [-0.1, -0.05) is 65.5 Å². The average Bonchev–Trinajstić information content (AvgIpc) is 3.45. The van der Waals surface area contributed by atoms with Gasteiger partial charge in [-0.05, 0) is 53.0 Å². The summed E-state index contributed by atoms with van der Waals surface area (Å²) in [7, 11) is 0. The van der Waals surface area contributed by atoms with Crippen molar-refractivity contribution < 1.29 is 24.5 Å². The van der Waals surface area contributed by atoms with Crippen molar-refractivity contribution in [1.82, 2.24) is 15.0 Å². The SMILES string of the molecule is Cc1cc(-c2cccc3c2oc2c(-c4ccccn4)[c-]ccc23)c2cnccc2c1.[Ir].[c-]1ccccc1-c1ccccn1. The molecule has 0 aliphatic heterocycles. The number of fused-ring (bicyclic) bond motifs is 4. The second-order valence-corrected chi connectivity index (χ2v) is 10.00. The van der Waals surface area contributed by atoms with Gasteiger partial charge in [-0.25, -0.2) is 0 Å². The first-order chi connectivity index (χ1) is 20.8. The van der Waals surface area contributed by atoms with E-state index in [4.69, 9.17) is 4.42 Å². The summed E-state index contributed by atoms with van der Waals surface area (Å²) >= 11 is 0. The normalized spacial score (nSPS) is 10.7. The summed E-state index contributed by atoms with van der Waals surface area (Å²) in [6.07, 6.45) is 7.35. The maximum Gasteiger partial charge on any atom is 0.128 e. The minimum Gasteiger partial charge on any atom is -0.500 e. The Hall–Kier alpha value is -4.96. The Kier molecular flexibility index (Phi) is 8.19. The van der Waals surface area contributed by atoms with Crippen molar-refractivity contribution in [1.29, 1.82) is 0 Å². The Labute approximate surface area is 263 Å². The fourth-order valence-corrected chi connectivity index (χ4v) is 5.32. The van der Waals surface area contributed by atoms with E-state index in [9.17, 15) is 0 Å². The zero-order valence-electron chi connectivity index (χ0n) is 23.3. The molecule has 0 bridgehead atoms. The van der Waals surface area contributed by atoms with Gasteiger partial charge in [0.15, 0.2) is 0 Å². The van der Waals surface area contributed by atoms with Crippen molar-refractivity contribution in [3.63, 3.8) is 0 Å². The van der Waals surface area contributed by atoms with Crippen LogP contribution in [0.1, 0.15) is 5.56 Å². The van der Waals surface area contributed by atoms with E-state index in [1.807, 2.05) is 79.1 Å². The fraction of sp³-hybridized carbons (Fsp3) is 0.0263. The summed E-state index contributed by atoms with van der Waals surface area (Å²) in [4.78, 5) is 13.1. The maximum absolute atomic E-state index is 6.52. The number of hydrogen-bond acceptors (Lipinski definition) is 4. The smallest absolute Gasteiger partial charge is 0.128 e. The topological polar surface area (TPSA) is 51.8 Å². The van der Waals surface area contributed by atoms with Crippen LogP contribution in [0.25, 0.3) is 66.4 Å². The molecule has 0 saturated heterocycles. The molecule has 43 heavy (non-hydrogen) atoms. The van der Waals surface area contributed by atoms with Crippen molar-refractivity contribution in [3.05, 3.63) is 152 Å². The summed E-state index contributed by atoms with van der Waals surface area (Å²) in [6.45, 7) is 2.12. The molecule has 0 saturated carbocycles. The van der Waals surface area contributed by atoms with Crippen LogP contribution >= 0.6 is 0 Å². The fourth-order valence-electron chi connectivity index (χ4n) is 5.32. The quantitative estimate of drug-likeness (QED) is 0.170. The molecular weight excluding hydrogens is 707 g/mol. The van der Waals surface area contributed by atoms with Gasteiger partial charge in [0.2, 0.25) is 0 Å². The molecule has 8 rings (SSSR count). The monoisotopic (exact) mass is 732 g/mol. The number of nitrogens with zero attached hydrogens (tertiary/aromatic N) is 3. The Bertz CT molecular complexity index is 2110. The standard InChI is InChI=1S/C27H17N2O.C11H8N.Ir/c1-17-14-18-11-13-28-16-24(18)23(15-17)21-8-4-6-19-20-7-5-9-22(27(20)30-26(19)21)25-10-2-3-12-29-25;1-2-6-10(7-3-1)11-8-4-5-9-12-11;/h2-8,10-16H,1H3;1-6,8-9H;/q2*-1;. The van der Waals surface area contributed by atoms with E-state index in [0.717, 1.165) is 61.0 Å². The van der Waals surface area contributed by atoms with E-state index in [1.165, 1.54) is 10.9 Å². The van der Waals surface area contributed by atoms with Crippen molar-refractivity contribution >= 4 is 32.7 Å². The largest absolute Gasteiger partial charge is 0.500 e. The number of aryl methyl sites for hydroxylation is 1. The Morgan fingerprint density at radius 3 is 2.16 bits per heavy atom. The molecule has 8 aromatic rings. The molecule has 0 atom stereocenters. The summed E-state index contributed by atoms with van der Waals surface area (Å²) in [5, 5.41) is 4.46. The van der Waals surface area contributed by atoms with Crippen molar-refractivity contribution in [2.45, 2.75) is 6.92 Å². The average molecular weight is 732 g/mol. The third-order valence-corrected chi connectivity index (χ3v) is 7.22. The molecule has 0 unspecified atom stereocenters. The van der Waals surface area contributed by atoms with Crippen LogP contribution in [-0.4, -0.2) is 15.0 Å². The van der Waals surface area contributed by atoms with E-state index in [-0.39, 0.29) is 20.1 Å². The van der Waals surface area contributed by atoms with Crippen LogP contribution in [0.4, 0.5) is 0 Å². The summed E-state index contributed by atoms with van der Waals surface area (Å²) < 4.78 is 6.52. The summed E-state index contributed by atoms with van der Waals surface area (Å²) in [5.74, 6) is 0. The minimum absolute atomic E-state index is 0. The molecule has 0 fully saturated rings. The molecule has 4 heterocycles. The third-order valence-electron chi connectivity index (χ3n) is 7.22. The number of pyridine rings is 3. The number of para-hydroxylation sites is 1. The second-order valence-electron chi connectivity index (χ2n) is 10.00. The first kappa shape index (κ1) is 28.2.